The molecule has 0 bridgehead atoms. The van der Waals surface area contributed by atoms with Crippen molar-refractivity contribution in [2.24, 2.45) is 0 Å². The zero-order valence-corrected chi connectivity index (χ0v) is 12.3. The highest BCUT2D eigenvalue weighted by Crippen LogP contribution is 2.23. The molecule has 1 amide bonds. The predicted octanol–water partition coefficient (Wildman–Crippen LogP) is 3.24. The molecule has 2 aromatic carbocycles. The van der Waals surface area contributed by atoms with E-state index in [1.165, 1.54) is 0 Å². The highest BCUT2D eigenvalue weighted by Gasteiger charge is 2.08. The number of nitrogens with one attached hydrogen (secondary N) is 1. The standard InChI is InChI=1S/C16H16ClNO3/c1-11(19)10-18-16(20)12-3-2-4-15(9-12)21-14-7-5-13(17)6-8-14/h2-9,11,19H,10H2,1H3,(H,18,20). The van der Waals surface area contributed by atoms with Gasteiger partial charge in [0.25, 0.3) is 5.91 Å². The lowest BCUT2D eigenvalue weighted by Crippen LogP contribution is -2.30. The van der Waals surface area contributed by atoms with Crippen molar-refractivity contribution in [2.75, 3.05) is 6.54 Å². The van der Waals surface area contributed by atoms with Crippen molar-refractivity contribution in [3.8, 4) is 11.5 Å². The van der Waals surface area contributed by atoms with E-state index in [2.05, 4.69) is 5.32 Å². The van der Waals surface area contributed by atoms with E-state index in [0.29, 0.717) is 22.1 Å². The molecule has 21 heavy (non-hydrogen) atoms. The van der Waals surface area contributed by atoms with E-state index in [1.54, 1.807) is 55.5 Å². The summed E-state index contributed by atoms with van der Waals surface area (Å²) in [6, 6.07) is 13.8. The van der Waals surface area contributed by atoms with E-state index in [1.807, 2.05) is 0 Å². The van der Waals surface area contributed by atoms with Crippen LogP contribution < -0.4 is 10.1 Å². The second-order valence-corrected chi connectivity index (χ2v) is 5.08. The first-order valence-corrected chi connectivity index (χ1v) is 6.92. The van der Waals surface area contributed by atoms with Crippen LogP contribution in [0.2, 0.25) is 5.02 Å². The molecule has 0 heterocycles. The lowest BCUT2D eigenvalue weighted by Gasteiger charge is -2.09. The zero-order chi connectivity index (χ0) is 15.2. The molecule has 0 aliphatic rings. The number of ether oxygens (including phenoxy) is 1. The van der Waals surface area contributed by atoms with E-state index in [0.717, 1.165) is 0 Å². The predicted molar refractivity (Wildman–Crippen MR) is 82.0 cm³/mol. The van der Waals surface area contributed by atoms with Crippen molar-refractivity contribution in [1.82, 2.24) is 5.32 Å². The molecule has 0 saturated heterocycles. The number of hydrogen-bond acceptors (Lipinski definition) is 3. The van der Waals surface area contributed by atoms with Gasteiger partial charge in [-0.15, -0.1) is 0 Å². The van der Waals surface area contributed by atoms with Gasteiger partial charge in [-0.2, -0.15) is 0 Å². The minimum Gasteiger partial charge on any atom is -0.457 e. The number of halogens is 1. The third-order valence-electron chi connectivity index (χ3n) is 2.70. The molecule has 5 heteroatoms. The maximum Gasteiger partial charge on any atom is 0.251 e. The molecule has 0 fully saturated rings. The number of hydrogen-bond donors (Lipinski definition) is 2. The van der Waals surface area contributed by atoms with Crippen LogP contribution in [0.15, 0.2) is 48.5 Å². The first-order chi connectivity index (χ1) is 10.0. The van der Waals surface area contributed by atoms with Gasteiger partial charge in [0.05, 0.1) is 6.10 Å². The van der Waals surface area contributed by atoms with Crippen LogP contribution in [0.1, 0.15) is 17.3 Å². The van der Waals surface area contributed by atoms with Crippen molar-refractivity contribution >= 4 is 17.5 Å². The summed E-state index contributed by atoms with van der Waals surface area (Å²) in [7, 11) is 0. The van der Waals surface area contributed by atoms with Crippen LogP contribution in [0.25, 0.3) is 0 Å². The summed E-state index contributed by atoms with van der Waals surface area (Å²) >= 11 is 5.81. The summed E-state index contributed by atoms with van der Waals surface area (Å²) in [5.41, 5.74) is 0.474. The molecule has 0 aliphatic carbocycles. The number of amides is 1. The van der Waals surface area contributed by atoms with E-state index >= 15 is 0 Å². The van der Waals surface area contributed by atoms with Crippen LogP contribution >= 0.6 is 11.6 Å². The number of aliphatic hydroxyl groups is 1. The molecular weight excluding hydrogens is 290 g/mol. The van der Waals surface area contributed by atoms with Gasteiger partial charge in [0.2, 0.25) is 0 Å². The summed E-state index contributed by atoms with van der Waals surface area (Å²) in [4.78, 5) is 11.9. The van der Waals surface area contributed by atoms with Gasteiger partial charge < -0.3 is 15.2 Å². The van der Waals surface area contributed by atoms with Crippen molar-refractivity contribution in [3.05, 3.63) is 59.1 Å². The minimum atomic E-state index is -0.581. The molecule has 2 rings (SSSR count). The fourth-order valence-electron chi connectivity index (χ4n) is 1.68. The first kappa shape index (κ1) is 15.4. The monoisotopic (exact) mass is 305 g/mol. The second-order valence-electron chi connectivity index (χ2n) is 4.64. The van der Waals surface area contributed by atoms with E-state index in [9.17, 15) is 4.79 Å². The van der Waals surface area contributed by atoms with Crippen LogP contribution in [0.3, 0.4) is 0 Å². The topological polar surface area (TPSA) is 58.6 Å². The normalized spacial score (nSPS) is 11.8. The van der Waals surface area contributed by atoms with Gasteiger partial charge >= 0.3 is 0 Å². The molecule has 1 atom stereocenters. The smallest absolute Gasteiger partial charge is 0.251 e. The summed E-state index contributed by atoms with van der Waals surface area (Å²) < 4.78 is 5.66. The number of rotatable bonds is 5. The van der Waals surface area contributed by atoms with Crippen LogP contribution in [-0.2, 0) is 0 Å². The highest BCUT2D eigenvalue weighted by molar-refractivity contribution is 6.30. The van der Waals surface area contributed by atoms with Crippen LogP contribution in [0.4, 0.5) is 0 Å². The molecule has 0 aromatic heterocycles. The number of carbonyl (C=O) groups is 1. The molecule has 0 saturated carbocycles. The second kappa shape index (κ2) is 7.11. The van der Waals surface area contributed by atoms with Crippen molar-refractivity contribution in [1.29, 1.82) is 0 Å². The average Bonchev–Trinajstić information content (AvgIpc) is 2.47. The lowest BCUT2D eigenvalue weighted by molar-refractivity contribution is 0.0923. The Kier molecular flexibility index (Phi) is 5.20. The Morgan fingerprint density at radius 3 is 2.62 bits per heavy atom. The van der Waals surface area contributed by atoms with Crippen LogP contribution in [-0.4, -0.2) is 23.7 Å². The first-order valence-electron chi connectivity index (χ1n) is 6.54. The van der Waals surface area contributed by atoms with Gasteiger partial charge in [-0.25, -0.2) is 0 Å². The number of benzene rings is 2. The number of aliphatic hydroxyl groups excluding tert-OH is 1. The summed E-state index contributed by atoms with van der Waals surface area (Å²) in [6.07, 6.45) is -0.581. The molecule has 4 nitrogen and oxygen atoms in total. The summed E-state index contributed by atoms with van der Waals surface area (Å²) in [6.45, 7) is 1.82. The molecule has 0 aliphatic heterocycles. The van der Waals surface area contributed by atoms with Gasteiger partial charge in [-0.1, -0.05) is 17.7 Å². The molecule has 0 radical (unpaired) electrons. The third kappa shape index (κ3) is 4.77. The van der Waals surface area contributed by atoms with E-state index in [4.69, 9.17) is 21.4 Å². The van der Waals surface area contributed by atoms with Crippen LogP contribution in [0, 0.1) is 0 Å². The molecule has 0 spiro atoms. The minimum absolute atomic E-state index is 0.209. The Balaban J connectivity index is 2.06. The quantitative estimate of drug-likeness (QED) is 0.891. The Bertz CT molecular complexity index is 611. The molecule has 2 N–H and O–H groups in total. The average molecular weight is 306 g/mol. The molecule has 110 valence electrons. The van der Waals surface area contributed by atoms with Crippen molar-refractivity contribution in [2.45, 2.75) is 13.0 Å². The third-order valence-corrected chi connectivity index (χ3v) is 2.96. The highest BCUT2D eigenvalue weighted by atomic mass is 35.5. The maximum absolute atomic E-state index is 11.9. The SMILES string of the molecule is CC(O)CNC(=O)c1cccc(Oc2ccc(Cl)cc2)c1. The maximum atomic E-state index is 11.9. The van der Waals surface area contributed by atoms with Crippen molar-refractivity contribution in [3.63, 3.8) is 0 Å². The Morgan fingerprint density at radius 2 is 1.95 bits per heavy atom. The Morgan fingerprint density at radius 1 is 1.24 bits per heavy atom. The van der Waals surface area contributed by atoms with E-state index in [-0.39, 0.29) is 12.5 Å². The lowest BCUT2D eigenvalue weighted by atomic mass is 10.2. The van der Waals surface area contributed by atoms with Crippen molar-refractivity contribution < 1.29 is 14.6 Å². The molecule has 1 unspecified atom stereocenters. The largest absolute Gasteiger partial charge is 0.457 e. The van der Waals surface area contributed by atoms with Gasteiger partial charge in [0, 0.05) is 17.1 Å². The Labute approximate surface area is 128 Å². The fraction of sp³-hybridized carbons (Fsp3) is 0.188. The van der Waals surface area contributed by atoms with Crippen LogP contribution in [0.5, 0.6) is 11.5 Å². The Hall–Kier alpha value is -2.04. The zero-order valence-electron chi connectivity index (χ0n) is 11.5. The van der Waals surface area contributed by atoms with Gasteiger partial charge in [-0.3, -0.25) is 4.79 Å². The van der Waals surface area contributed by atoms with Gasteiger partial charge in [0.15, 0.2) is 0 Å². The summed E-state index contributed by atoms with van der Waals surface area (Å²) in [5.74, 6) is 0.945. The molecular formula is C16H16ClNO3. The summed E-state index contributed by atoms with van der Waals surface area (Å²) in [5, 5.41) is 12.4. The number of carbonyl (C=O) groups excluding carboxylic acids is 1. The van der Waals surface area contributed by atoms with Gasteiger partial charge in [0.1, 0.15) is 11.5 Å². The fourth-order valence-corrected chi connectivity index (χ4v) is 1.81. The van der Waals surface area contributed by atoms with E-state index < -0.39 is 6.10 Å². The molecule has 2 aromatic rings. The van der Waals surface area contributed by atoms with Gasteiger partial charge in [-0.05, 0) is 49.4 Å².